The number of nitrogens with zero attached hydrogens (tertiary/aromatic N) is 1. The molecule has 0 radical (unpaired) electrons. The molecule has 2 fully saturated rings. The van der Waals surface area contributed by atoms with Crippen LogP contribution in [0.5, 0.6) is 0 Å². The van der Waals surface area contributed by atoms with Crippen LogP contribution in [-0.2, 0) is 0 Å². The van der Waals surface area contributed by atoms with Gasteiger partial charge in [0.25, 0.3) is 0 Å². The highest BCUT2D eigenvalue weighted by Crippen LogP contribution is 2.25. The summed E-state index contributed by atoms with van der Waals surface area (Å²) in [5.74, 6) is 2.71. The normalized spacial score (nSPS) is 34.2. The SMILES string of the molecule is CCNC1CCC(N2CCSCC2)CC1. The minimum absolute atomic E-state index is 0.811. The molecule has 0 aromatic heterocycles. The van der Waals surface area contributed by atoms with Gasteiger partial charge in [-0.2, -0.15) is 11.8 Å². The Bertz CT molecular complexity index is 172. The van der Waals surface area contributed by atoms with Crippen LogP contribution in [0.2, 0.25) is 0 Å². The van der Waals surface area contributed by atoms with Crippen molar-refractivity contribution in [3.8, 4) is 0 Å². The van der Waals surface area contributed by atoms with Crippen LogP contribution < -0.4 is 5.32 Å². The van der Waals surface area contributed by atoms with E-state index in [-0.39, 0.29) is 0 Å². The summed E-state index contributed by atoms with van der Waals surface area (Å²) in [6.07, 6.45) is 5.62. The smallest absolute Gasteiger partial charge is 0.00970 e. The molecule has 88 valence electrons. The lowest BCUT2D eigenvalue weighted by atomic mass is 9.90. The summed E-state index contributed by atoms with van der Waals surface area (Å²) >= 11 is 2.12. The van der Waals surface area contributed by atoms with Gasteiger partial charge in [-0.15, -0.1) is 0 Å². The van der Waals surface area contributed by atoms with E-state index in [4.69, 9.17) is 0 Å². The van der Waals surface area contributed by atoms with Crippen LogP contribution in [0.15, 0.2) is 0 Å². The van der Waals surface area contributed by atoms with E-state index in [1.807, 2.05) is 0 Å². The van der Waals surface area contributed by atoms with Crippen molar-refractivity contribution in [3.63, 3.8) is 0 Å². The van der Waals surface area contributed by atoms with Crippen LogP contribution in [0, 0.1) is 0 Å². The summed E-state index contributed by atoms with van der Waals surface area (Å²) in [6, 6.07) is 1.71. The molecule has 2 rings (SSSR count). The molecule has 0 amide bonds. The highest BCUT2D eigenvalue weighted by atomic mass is 32.2. The topological polar surface area (TPSA) is 15.3 Å². The predicted molar refractivity (Wildman–Crippen MR) is 68.6 cm³/mol. The molecule has 1 aliphatic carbocycles. The van der Waals surface area contributed by atoms with Crippen molar-refractivity contribution in [3.05, 3.63) is 0 Å². The lowest BCUT2D eigenvalue weighted by Crippen LogP contribution is -2.45. The van der Waals surface area contributed by atoms with Crippen molar-refractivity contribution in [2.45, 2.75) is 44.7 Å². The van der Waals surface area contributed by atoms with Crippen molar-refractivity contribution in [1.82, 2.24) is 10.2 Å². The largest absolute Gasteiger partial charge is 0.314 e. The second-order valence-corrected chi connectivity index (χ2v) is 5.94. The molecule has 0 spiro atoms. The summed E-state index contributed by atoms with van der Waals surface area (Å²) in [5.41, 5.74) is 0. The molecule has 2 nitrogen and oxygen atoms in total. The number of nitrogens with one attached hydrogen (secondary N) is 1. The van der Waals surface area contributed by atoms with Gasteiger partial charge in [0.2, 0.25) is 0 Å². The highest BCUT2D eigenvalue weighted by molar-refractivity contribution is 7.99. The Morgan fingerprint density at radius 3 is 2.40 bits per heavy atom. The Morgan fingerprint density at radius 2 is 1.80 bits per heavy atom. The number of rotatable bonds is 3. The van der Waals surface area contributed by atoms with Gasteiger partial charge in [-0.3, -0.25) is 4.90 Å². The maximum absolute atomic E-state index is 3.59. The Hall–Kier alpha value is 0.270. The quantitative estimate of drug-likeness (QED) is 0.795. The fourth-order valence-corrected chi connectivity index (χ4v) is 3.81. The Morgan fingerprint density at radius 1 is 1.13 bits per heavy atom. The molecule has 1 aliphatic heterocycles. The average molecular weight is 228 g/mol. The van der Waals surface area contributed by atoms with Crippen LogP contribution >= 0.6 is 11.8 Å². The maximum Gasteiger partial charge on any atom is 0.00970 e. The Balaban J connectivity index is 1.72. The van der Waals surface area contributed by atoms with Crippen molar-refractivity contribution in [1.29, 1.82) is 0 Å². The van der Waals surface area contributed by atoms with E-state index in [1.54, 1.807) is 0 Å². The van der Waals surface area contributed by atoms with E-state index < -0.39 is 0 Å². The Labute approximate surface area is 98.2 Å². The first-order valence-electron chi connectivity index (χ1n) is 6.45. The molecule has 1 N–H and O–H groups in total. The van der Waals surface area contributed by atoms with Crippen LogP contribution in [0.4, 0.5) is 0 Å². The van der Waals surface area contributed by atoms with Crippen molar-refractivity contribution < 1.29 is 0 Å². The van der Waals surface area contributed by atoms with Crippen molar-refractivity contribution in [2.24, 2.45) is 0 Å². The minimum atomic E-state index is 0.811. The maximum atomic E-state index is 3.59. The second-order valence-electron chi connectivity index (χ2n) is 4.71. The summed E-state index contributed by atoms with van der Waals surface area (Å²) < 4.78 is 0. The van der Waals surface area contributed by atoms with Gasteiger partial charge in [-0.25, -0.2) is 0 Å². The van der Waals surface area contributed by atoms with E-state index in [0.717, 1.165) is 18.6 Å². The van der Waals surface area contributed by atoms with Gasteiger partial charge in [-0.1, -0.05) is 6.92 Å². The summed E-state index contributed by atoms with van der Waals surface area (Å²) in [6.45, 7) is 6.02. The molecule has 0 atom stereocenters. The number of hydrogen-bond acceptors (Lipinski definition) is 3. The summed E-state index contributed by atoms with van der Waals surface area (Å²) in [5, 5.41) is 3.59. The van der Waals surface area contributed by atoms with E-state index in [9.17, 15) is 0 Å². The van der Waals surface area contributed by atoms with Crippen LogP contribution in [0.3, 0.4) is 0 Å². The van der Waals surface area contributed by atoms with Gasteiger partial charge in [0, 0.05) is 36.7 Å². The molecule has 0 aromatic rings. The van der Waals surface area contributed by atoms with E-state index >= 15 is 0 Å². The standard InChI is InChI=1S/C12H24N2S/c1-2-13-11-3-5-12(6-4-11)14-7-9-15-10-8-14/h11-13H,2-10H2,1H3. The molecular formula is C12H24N2S. The number of hydrogen-bond donors (Lipinski definition) is 1. The monoisotopic (exact) mass is 228 g/mol. The molecule has 1 heterocycles. The first-order chi connectivity index (χ1) is 7.40. The minimum Gasteiger partial charge on any atom is -0.314 e. The predicted octanol–water partition coefficient (Wildman–Crippen LogP) is 1.96. The number of thioether (sulfide) groups is 1. The van der Waals surface area contributed by atoms with E-state index in [0.29, 0.717) is 0 Å². The van der Waals surface area contributed by atoms with Crippen molar-refractivity contribution >= 4 is 11.8 Å². The van der Waals surface area contributed by atoms with Gasteiger partial charge in [0.1, 0.15) is 0 Å². The molecule has 15 heavy (non-hydrogen) atoms. The van der Waals surface area contributed by atoms with Gasteiger partial charge in [0.15, 0.2) is 0 Å². The zero-order valence-electron chi connectivity index (χ0n) is 9.87. The van der Waals surface area contributed by atoms with Crippen molar-refractivity contribution in [2.75, 3.05) is 31.1 Å². The van der Waals surface area contributed by atoms with Gasteiger partial charge in [-0.05, 0) is 32.2 Å². The first-order valence-corrected chi connectivity index (χ1v) is 7.61. The van der Waals surface area contributed by atoms with E-state index in [1.165, 1.54) is 50.3 Å². The lowest BCUT2D eigenvalue weighted by Gasteiger charge is -2.38. The third kappa shape index (κ3) is 3.36. The molecule has 1 saturated heterocycles. The fourth-order valence-electron chi connectivity index (χ4n) is 2.88. The molecule has 2 aliphatic rings. The zero-order chi connectivity index (χ0) is 10.5. The third-order valence-electron chi connectivity index (χ3n) is 3.75. The Kier molecular flexibility index (Phi) is 4.79. The van der Waals surface area contributed by atoms with Crippen LogP contribution in [-0.4, -0.2) is 48.1 Å². The molecule has 0 bridgehead atoms. The molecular weight excluding hydrogens is 204 g/mol. The summed E-state index contributed by atoms with van der Waals surface area (Å²) in [7, 11) is 0. The first kappa shape index (κ1) is 11.7. The van der Waals surface area contributed by atoms with Gasteiger partial charge < -0.3 is 5.32 Å². The molecule has 0 unspecified atom stereocenters. The molecule has 1 saturated carbocycles. The van der Waals surface area contributed by atoms with E-state index in [2.05, 4.69) is 28.9 Å². The lowest BCUT2D eigenvalue weighted by molar-refractivity contribution is 0.157. The average Bonchev–Trinajstić information content (AvgIpc) is 2.32. The molecule has 0 aromatic carbocycles. The highest BCUT2D eigenvalue weighted by Gasteiger charge is 2.26. The van der Waals surface area contributed by atoms with Crippen LogP contribution in [0.1, 0.15) is 32.6 Å². The fraction of sp³-hybridized carbons (Fsp3) is 1.00. The van der Waals surface area contributed by atoms with Gasteiger partial charge in [0.05, 0.1) is 0 Å². The third-order valence-corrected chi connectivity index (χ3v) is 4.69. The molecule has 3 heteroatoms. The second kappa shape index (κ2) is 6.12. The van der Waals surface area contributed by atoms with Gasteiger partial charge >= 0.3 is 0 Å². The summed E-state index contributed by atoms with van der Waals surface area (Å²) in [4.78, 5) is 2.73. The zero-order valence-corrected chi connectivity index (χ0v) is 10.7. The van der Waals surface area contributed by atoms with Crippen LogP contribution in [0.25, 0.3) is 0 Å².